The van der Waals surface area contributed by atoms with E-state index >= 15 is 0 Å². The van der Waals surface area contributed by atoms with Gasteiger partial charge in [0.1, 0.15) is 11.9 Å². The predicted molar refractivity (Wildman–Crippen MR) is 52.5 cm³/mol. The highest BCUT2D eigenvalue weighted by atomic mass is 16.5. The Morgan fingerprint density at radius 1 is 1.50 bits per heavy atom. The van der Waals surface area contributed by atoms with E-state index in [1.807, 2.05) is 0 Å². The summed E-state index contributed by atoms with van der Waals surface area (Å²) in [6.45, 7) is 1.75. The molecule has 4 nitrogen and oxygen atoms in total. The number of nitrogens with zero attached hydrogens (tertiary/aromatic N) is 1. The van der Waals surface area contributed by atoms with E-state index in [1.54, 1.807) is 6.92 Å². The number of aryl methyl sites for hydroxylation is 1. The first-order valence-corrected chi connectivity index (χ1v) is 4.99. The average molecular weight is 194 g/mol. The van der Waals surface area contributed by atoms with E-state index in [0.717, 1.165) is 12.8 Å². The van der Waals surface area contributed by atoms with Crippen LogP contribution in [0.3, 0.4) is 0 Å². The van der Waals surface area contributed by atoms with E-state index in [4.69, 9.17) is 4.74 Å². The van der Waals surface area contributed by atoms with Crippen molar-refractivity contribution < 1.29 is 4.74 Å². The Bertz CT molecular complexity index is 367. The van der Waals surface area contributed by atoms with Gasteiger partial charge in [0.2, 0.25) is 5.88 Å². The lowest BCUT2D eigenvalue weighted by molar-refractivity contribution is 0.200. The standard InChI is InChI=1S/C10H14N2O2/c1-7-11-9(13)6-10(12-7)14-8-4-2-3-5-8/h6,8H,2-5H2,1H3,(H,11,12,13). The van der Waals surface area contributed by atoms with Gasteiger partial charge in [0.15, 0.2) is 0 Å². The van der Waals surface area contributed by atoms with Gasteiger partial charge in [0, 0.05) is 0 Å². The maximum Gasteiger partial charge on any atom is 0.254 e. The fourth-order valence-corrected chi connectivity index (χ4v) is 1.79. The van der Waals surface area contributed by atoms with Crippen LogP contribution in [0.15, 0.2) is 10.9 Å². The lowest BCUT2D eigenvalue weighted by Gasteiger charge is -2.11. The third-order valence-electron chi connectivity index (χ3n) is 2.43. The summed E-state index contributed by atoms with van der Waals surface area (Å²) < 4.78 is 5.61. The Hall–Kier alpha value is -1.32. The molecule has 0 radical (unpaired) electrons. The number of aromatic amines is 1. The highest BCUT2D eigenvalue weighted by molar-refractivity contribution is 5.08. The van der Waals surface area contributed by atoms with Gasteiger partial charge in [-0.05, 0) is 32.6 Å². The number of aromatic nitrogens is 2. The average Bonchev–Trinajstić information content (AvgIpc) is 2.54. The second-order valence-corrected chi connectivity index (χ2v) is 3.69. The van der Waals surface area contributed by atoms with Crippen LogP contribution in [0.5, 0.6) is 5.88 Å². The highest BCUT2D eigenvalue weighted by Crippen LogP contribution is 2.22. The van der Waals surface area contributed by atoms with Crippen molar-refractivity contribution in [3.63, 3.8) is 0 Å². The third kappa shape index (κ3) is 2.13. The van der Waals surface area contributed by atoms with Gasteiger partial charge in [-0.15, -0.1) is 0 Å². The number of hydrogen-bond acceptors (Lipinski definition) is 3. The molecule has 0 aromatic carbocycles. The van der Waals surface area contributed by atoms with Crippen molar-refractivity contribution in [2.45, 2.75) is 38.7 Å². The van der Waals surface area contributed by atoms with Crippen molar-refractivity contribution in [2.24, 2.45) is 0 Å². The summed E-state index contributed by atoms with van der Waals surface area (Å²) in [6, 6.07) is 1.41. The number of hydrogen-bond donors (Lipinski definition) is 1. The molecular weight excluding hydrogens is 180 g/mol. The van der Waals surface area contributed by atoms with Crippen molar-refractivity contribution in [3.05, 3.63) is 22.2 Å². The first-order chi connectivity index (χ1) is 6.74. The summed E-state index contributed by atoms with van der Waals surface area (Å²) in [4.78, 5) is 17.8. The number of ether oxygens (including phenoxy) is 1. The minimum absolute atomic E-state index is 0.148. The second-order valence-electron chi connectivity index (χ2n) is 3.69. The maximum absolute atomic E-state index is 11.1. The Morgan fingerprint density at radius 3 is 2.86 bits per heavy atom. The maximum atomic E-state index is 11.1. The van der Waals surface area contributed by atoms with E-state index in [-0.39, 0.29) is 11.7 Å². The van der Waals surface area contributed by atoms with Crippen LogP contribution in [0.4, 0.5) is 0 Å². The molecule has 76 valence electrons. The molecule has 0 atom stereocenters. The molecule has 0 unspecified atom stereocenters. The first kappa shape index (κ1) is 9.24. The molecule has 1 aromatic heterocycles. The fourth-order valence-electron chi connectivity index (χ4n) is 1.79. The van der Waals surface area contributed by atoms with E-state index in [9.17, 15) is 4.79 Å². The summed E-state index contributed by atoms with van der Waals surface area (Å²) in [6.07, 6.45) is 4.84. The van der Waals surface area contributed by atoms with Gasteiger partial charge in [-0.3, -0.25) is 4.79 Å². The molecule has 1 fully saturated rings. The molecule has 1 aromatic rings. The topological polar surface area (TPSA) is 55.0 Å². The van der Waals surface area contributed by atoms with Crippen LogP contribution in [0.1, 0.15) is 31.5 Å². The molecular formula is C10H14N2O2. The molecule has 1 N–H and O–H groups in total. The molecule has 4 heteroatoms. The molecule has 14 heavy (non-hydrogen) atoms. The molecule has 0 saturated heterocycles. The molecule has 1 heterocycles. The first-order valence-electron chi connectivity index (χ1n) is 4.99. The normalized spacial score (nSPS) is 17.2. The quantitative estimate of drug-likeness (QED) is 0.774. The van der Waals surface area contributed by atoms with Gasteiger partial charge in [-0.25, -0.2) is 4.98 Å². The summed E-state index contributed by atoms with van der Waals surface area (Å²) in [7, 11) is 0. The van der Waals surface area contributed by atoms with Gasteiger partial charge in [-0.1, -0.05) is 0 Å². The van der Waals surface area contributed by atoms with Gasteiger partial charge in [0.05, 0.1) is 6.07 Å². The van der Waals surface area contributed by atoms with Gasteiger partial charge < -0.3 is 9.72 Å². The lowest BCUT2D eigenvalue weighted by Crippen LogP contribution is -2.15. The molecule has 0 aliphatic heterocycles. The Morgan fingerprint density at radius 2 is 2.21 bits per heavy atom. The second kappa shape index (κ2) is 3.82. The van der Waals surface area contributed by atoms with Crippen LogP contribution < -0.4 is 10.3 Å². The number of nitrogens with one attached hydrogen (secondary N) is 1. The lowest BCUT2D eigenvalue weighted by atomic mass is 10.3. The van der Waals surface area contributed by atoms with Crippen LogP contribution in [0, 0.1) is 6.92 Å². The summed E-state index contributed by atoms with van der Waals surface area (Å²) in [5.74, 6) is 1.06. The van der Waals surface area contributed by atoms with Crippen LogP contribution in [-0.2, 0) is 0 Å². The van der Waals surface area contributed by atoms with Crippen molar-refractivity contribution in [3.8, 4) is 5.88 Å². The Balaban J connectivity index is 2.11. The molecule has 0 bridgehead atoms. The molecule has 1 saturated carbocycles. The third-order valence-corrected chi connectivity index (χ3v) is 2.43. The molecule has 1 aliphatic carbocycles. The fraction of sp³-hybridized carbons (Fsp3) is 0.600. The van der Waals surface area contributed by atoms with Crippen molar-refractivity contribution >= 4 is 0 Å². The van der Waals surface area contributed by atoms with E-state index in [2.05, 4.69) is 9.97 Å². The smallest absolute Gasteiger partial charge is 0.254 e. The van der Waals surface area contributed by atoms with Gasteiger partial charge in [0.25, 0.3) is 5.56 Å². The number of H-pyrrole nitrogens is 1. The van der Waals surface area contributed by atoms with Crippen LogP contribution in [0.2, 0.25) is 0 Å². The van der Waals surface area contributed by atoms with Crippen molar-refractivity contribution in [1.29, 1.82) is 0 Å². The van der Waals surface area contributed by atoms with Crippen LogP contribution >= 0.6 is 0 Å². The predicted octanol–water partition coefficient (Wildman–Crippen LogP) is 1.40. The largest absolute Gasteiger partial charge is 0.474 e. The monoisotopic (exact) mass is 194 g/mol. The van der Waals surface area contributed by atoms with Gasteiger partial charge in [-0.2, -0.15) is 0 Å². The summed E-state index contributed by atoms with van der Waals surface area (Å²) >= 11 is 0. The number of rotatable bonds is 2. The van der Waals surface area contributed by atoms with Crippen LogP contribution in [-0.4, -0.2) is 16.1 Å². The zero-order valence-electron chi connectivity index (χ0n) is 8.25. The molecule has 0 amide bonds. The molecule has 0 spiro atoms. The Labute approximate surface area is 82.3 Å². The van der Waals surface area contributed by atoms with E-state index < -0.39 is 0 Å². The Kier molecular flexibility index (Phi) is 2.52. The SMILES string of the molecule is Cc1nc(OC2CCCC2)cc(=O)[nH]1. The molecule has 1 aliphatic rings. The van der Waals surface area contributed by atoms with Crippen molar-refractivity contribution in [2.75, 3.05) is 0 Å². The minimum Gasteiger partial charge on any atom is -0.474 e. The van der Waals surface area contributed by atoms with E-state index in [1.165, 1.54) is 18.9 Å². The highest BCUT2D eigenvalue weighted by Gasteiger charge is 2.17. The van der Waals surface area contributed by atoms with E-state index in [0.29, 0.717) is 11.7 Å². The van der Waals surface area contributed by atoms with Crippen molar-refractivity contribution in [1.82, 2.24) is 9.97 Å². The molecule has 2 rings (SSSR count). The van der Waals surface area contributed by atoms with Gasteiger partial charge >= 0.3 is 0 Å². The summed E-state index contributed by atoms with van der Waals surface area (Å²) in [5.41, 5.74) is -0.148. The zero-order valence-corrected chi connectivity index (χ0v) is 8.25. The zero-order chi connectivity index (χ0) is 9.97. The summed E-state index contributed by atoms with van der Waals surface area (Å²) in [5, 5.41) is 0. The minimum atomic E-state index is -0.148. The van der Waals surface area contributed by atoms with Crippen LogP contribution in [0.25, 0.3) is 0 Å².